The SMILES string of the molecule is CC(C)C1=C[C@H]2C[C@@H](C1)C2(C)C. The van der Waals surface area contributed by atoms with Gasteiger partial charge in [0.05, 0.1) is 0 Å². The summed E-state index contributed by atoms with van der Waals surface area (Å²) in [6, 6.07) is 0. The number of hydrogen-bond donors (Lipinski definition) is 0. The Bertz CT molecular complexity index is 220. The summed E-state index contributed by atoms with van der Waals surface area (Å²) in [6.07, 6.45) is 5.40. The van der Waals surface area contributed by atoms with Gasteiger partial charge in [-0.25, -0.2) is 0 Å². The predicted octanol–water partition coefficient (Wildman–Crippen LogP) is 3.63. The molecule has 3 aliphatic carbocycles. The van der Waals surface area contributed by atoms with Gasteiger partial charge in [0.25, 0.3) is 0 Å². The van der Waals surface area contributed by atoms with Crippen molar-refractivity contribution in [2.24, 2.45) is 23.2 Å². The van der Waals surface area contributed by atoms with Crippen LogP contribution in [0.15, 0.2) is 11.6 Å². The molecule has 0 N–H and O–H groups in total. The summed E-state index contributed by atoms with van der Waals surface area (Å²) in [5.41, 5.74) is 2.34. The molecule has 2 bridgehead atoms. The van der Waals surface area contributed by atoms with E-state index in [-0.39, 0.29) is 0 Å². The van der Waals surface area contributed by atoms with E-state index in [0.717, 1.165) is 17.8 Å². The average Bonchev–Trinajstić information content (AvgIpc) is 2.04. The van der Waals surface area contributed by atoms with Crippen LogP contribution in [0.1, 0.15) is 40.5 Å². The molecule has 0 aromatic rings. The van der Waals surface area contributed by atoms with Gasteiger partial charge in [-0.1, -0.05) is 39.3 Å². The molecule has 0 saturated heterocycles. The molecular formula is C12H20. The first kappa shape index (κ1) is 8.34. The van der Waals surface area contributed by atoms with Gasteiger partial charge in [-0.2, -0.15) is 0 Å². The Labute approximate surface area is 76.1 Å². The standard InChI is InChI=1S/C12H20/c1-8(2)9-5-10-7-11(6-9)12(10,3)4/h5,8,10-11H,6-7H2,1-4H3/t10-,11+/m0/s1. The lowest BCUT2D eigenvalue weighted by Gasteiger charge is -2.55. The first-order chi connectivity index (χ1) is 5.51. The lowest BCUT2D eigenvalue weighted by molar-refractivity contribution is -0.00317. The molecular weight excluding hydrogens is 144 g/mol. The largest absolute Gasteiger partial charge is 0.0814 e. The highest BCUT2D eigenvalue weighted by atomic mass is 14.5. The molecule has 0 aliphatic heterocycles. The van der Waals surface area contributed by atoms with Crippen molar-refractivity contribution in [2.45, 2.75) is 40.5 Å². The van der Waals surface area contributed by atoms with Gasteiger partial charge in [-0.15, -0.1) is 0 Å². The van der Waals surface area contributed by atoms with Crippen molar-refractivity contribution in [3.8, 4) is 0 Å². The molecule has 3 aliphatic rings. The van der Waals surface area contributed by atoms with Crippen LogP contribution in [0.4, 0.5) is 0 Å². The summed E-state index contributed by atoms with van der Waals surface area (Å²) >= 11 is 0. The minimum atomic E-state index is 0.623. The Hall–Kier alpha value is -0.260. The third kappa shape index (κ3) is 0.967. The normalized spacial score (nSPS) is 37.6. The van der Waals surface area contributed by atoms with Crippen LogP contribution in [-0.2, 0) is 0 Å². The zero-order chi connectivity index (χ0) is 8.93. The minimum absolute atomic E-state index is 0.623. The summed E-state index contributed by atoms with van der Waals surface area (Å²) in [5.74, 6) is 2.67. The fourth-order valence-electron chi connectivity index (χ4n) is 2.72. The molecule has 68 valence electrons. The van der Waals surface area contributed by atoms with Crippen molar-refractivity contribution >= 4 is 0 Å². The Morgan fingerprint density at radius 2 is 2.08 bits per heavy atom. The fourth-order valence-corrected chi connectivity index (χ4v) is 2.72. The highest BCUT2D eigenvalue weighted by molar-refractivity contribution is 5.22. The van der Waals surface area contributed by atoms with E-state index in [9.17, 15) is 0 Å². The van der Waals surface area contributed by atoms with E-state index in [4.69, 9.17) is 0 Å². The van der Waals surface area contributed by atoms with Crippen molar-refractivity contribution in [3.63, 3.8) is 0 Å². The van der Waals surface area contributed by atoms with Gasteiger partial charge in [-0.05, 0) is 36.0 Å². The molecule has 3 rings (SSSR count). The van der Waals surface area contributed by atoms with Gasteiger partial charge in [0.1, 0.15) is 0 Å². The number of rotatable bonds is 1. The van der Waals surface area contributed by atoms with Crippen molar-refractivity contribution in [3.05, 3.63) is 11.6 Å². The zero-order valence-electron chi connectivity index (χ0n) is 8.72. The van der Waals surface area contributed by atoms with E-state index < -0.39 is 0 Å². The second-order valence-electron chi connectivity index (χ2n) is 5.46. The maximum atomic E-state index is 2.56. The van der Waals surface area contributed by atoms with E-state index in [0.29, 0.717) is 5.41 Å². The maximum absolute atomic E-state index is 2.56. The van der Waals surface area contributed by atoms with Gasteiger partial charge < -0.3 is 0 Å². The molecule has 0 unspecified atom stereocenters. The highest BCUT2D eigenvalue weighted by Gasteiger charge is 2.49. The predicted molar refractivity (Wildman–Crippen MR) is 52.9 cm³/mol. The molecule has 0 spiro atoms. The second kappa shape index (κ2) is 2.37. The van der Waals surface area contributed by atoms with Crippen molar-refractivity contribution in [1.29, 1.82) is 0 Å². The molecule has 1 fully saturated rings. The molecule has 2 atom stereocenters. The Morgan fingerprint density at radius 1 is 1.42 bits per heavy atom. The summed E-state index contributed by atoms with van der Waals surface area (Å²) < 4.78 is 0. The summed E-state index contributed by atoms with van der Waals surface area (Å²) in [5, 5.41) is 0. The Balaban J connectivity index is 2.18. The molecule has 0 heterocycles. The second-order valence-corrected chi connectivity index (χ2v) is 5.46. The van der Waals surface area contributed by atoms with Gasteiger partial charge in [0.15, 0.2) is 0 Å². The van der Waals surface area contributed by atoms with Crippen LogP contribution >= 0.6 is 0 Å². The minimum Gasteiger partial charge on any atom is -0.0814 e. The fraction of sp³-hybridized carbons (Fsp3) is 0.833. The first-order valence-electron chi connectivity index (χ1n) is 5.22. The molecule has 0 aromatic heterocycles. The van der Waals surface area contributed by atoms with Crippen molar-refractivity contribution in [2.75, 3.05) is 0 Å². The summed E-state index contributed by atoms with van der Waals surface area (Å²) in [7, 11) is 0. The van der Waals surface area contributed by atoms with Gasteiger partial charge in [0.2, 0.25) is 0 Å². The molecule has 12 heavy (non-hydrogen) atoms. The molecule has 0 nitrogen and oxygen atoms in total. The van der Waals surface area contributed by atoms with Crippen LogP contribution < -0.4 is 0 Å². The quantitative estimate of drug-likeness (QED) is 0.519. The lowest BCUT2D eigenvalue weighted by Crippen LogP contribution is -2.47. The monoisotopic (exact) mass is 164 g/mol. The smallest absolute Gasteiger partial charge is 0.0174 e. The third-order valence-corrected chi connectivity index (χ3v) is 4.19. The van der Waals surface area contributed by atoms with E-state index in [1.807, 2.05) is 0 Å². The molecule has 0 amide bonds. The van der Waals surface area contributed by atoms with Crippen LogP contribution in [0.25, 0.3) is 0 Å². The van der Waals surface area contributed by atoms with Crippen LogP contribution in [-0.4, -0.2) is 0 Å². The summed E-state index contributed by atoms with van der Waals surface area (Å²) in [6.45, 7) is 9.51. The van der Waals surface area contributed by atoms with Crippen LogP contribution in [0, 0.1) is 23.2 Å². The molecule has 0 radical (unpaired) electrons. The van der Waals surface area contributed by atoms with Gasteiger partial charge in [0, 0.05) is 0 Å². The first-order valence-corrected chi connectivity index (χ1v) is 5.22. The van der Waals surface area contributed by atoms with Crippen LogP contribution in [0.2, 0.25) is 0 Å². The van der Waals surface area contributed by atoms with E-state index >= 15 is 0 Å². The molecule has 0 aromatic carbocycles. The van der Waals surface area contributed by atoms with E-state index in [1.165, 1.54) is 12.8 Å². The topological polar surface area (TPSA) is 0 Å². The van der Waals surface area contributed by atoms with Gasteiger partial charge in [-0.3, -0.25) is 0 Å². The molecule has 0 heteroatoms. The van der Waals surface area contributed by atoms with Crippen LogP contribution in [0.3, 0.4) is 0 Å². The molecule has 1 saturated carbocycles. The van der Waals surface area contributed by atoms with Gasteiger partial charge >= 0.3 is 0 Å². The third-order valence-electron chi connectivity index (χ3n) is 4.19. The number of hydrogen-bond acceptors (Lipinski definition) is 0. The zero-order valence-corrected chi connectivity index (χ0v) is 8.72. The maximum Gasteiger partial charge on any atom is -0.0174 e. The Morgan fingerprint density at radius 3 is 2.42 bits per heavy atom. The van der Waals surface area contributed by atoms with Crippen molar-refractivity contribution < 1.29 is 0 Å². The lowest BCUT2D eigenvalue weighted by atomic mass is 9.49. The highest BCUT2D eigenvalue weighted by Crippen LogP contribution is 2.58. The summed E-state index contributed by atoms with van der Waals surface area (Å²) in [4.78, 5) is 0. The van der Waals surface area contributed by atoms with E-state index in [1.54, 1.807) is 5.57 Å². The Kier molecular flexibility index (Phi) is 1.65. The average molecular weight is 164 g/mol. The van der Waals surface area contributed by atoms with E-state index in [2.05, 4.69) is 33.8 Å². The number of allylic oxidation sites excluding steroid dienone is 2. The van der Waals surface area contributed by atoms with Crippen LogP contribution in [0.5, 0.6) is 0 Å². The number of fused-ring (bicyclic) bond motifs is 1. The van der Waals surface area contributed by atoms with Crippen molar-refractivity contribution in [1.82, 2.24) is 0 Å².